The zero-order valence-electron chi connectivity index (χ0n) is 20.8. The Labute approximate surface area is 235 Å². The zero-order chi connectivity index (χ0) is 26.8. The number of carbonyl (C=O) groups is 1. The lowest BCUT2D eigenvalue weighted by atomic mass is 9.95. The summed E-state index contributed by atoms with van der Waals surface area (Å²) in [5.74, 6) is 0.563. The SMILES string of the molecule is CCOC(=O)C1=C(C)N=c2s/c(=C/c3cc(Br)c(Sc4ccccc4)o3)c(=O)n2[C@@H]1c1ccccc1OC. The first kappa shape index (κ1) is 26.3. The van der Waals surface area contributed by atoms with E-state index >= 15 is 0 Å². The van der Waals surface area contributed by atoms with Crippen LogP contribution in [-0.4, -0.2) is 24.3 Å². The molecule has 4 aromatic rings. The summed E-state index contributed by atoms with van der Waals surface area (Å²) in [6, 6.07) is 18.3. The van der Waals surface area contributed by atoms with Crippen LogP contribution in [0.1, 0.15) is 31.2 Å². The molecule has 2 aromatic carbocycles. The molecule has 0 spiro atoms. The topological polar surface area (TPSA) is 83.0 Å². The van der Waals surface area contributed by atoms with Gasteiger partial charge in [0.05, 0.1) is 34.0 Å². The number of ether oxygens (including phenoxy) is 2. The minimum atomic E-state index is -0.754. The van der Waals surface area contributed by atoms with Gasteiger partial charge in [-0.05, 0) is 54.0 Å². The standard InChI is InChI=1S/C28H23BrN2O5S2/c1-4-35-26(33)23-16(2)30-28-31(24(23)19-12-8-9-13-21(19)34-3)25(32)22(38-28)15-17-14-20(29)27(36-17)37-18-10-6-5-7-11-18/h5-15,24H,4H2,1-3H3/b22-15+/t24-/m1/s1. The van der Waals surface area contributed by atoms with Crippen LogP contribution < -0.4 is 19.6 Å². The molecule has 0 N–H and O–H groups in total. The molecule has 1 aliphatic heterocycles. The third-order valence-electron chi connectivity index (χ3n) is 5.85. The summed E-state index contributed by atoms with van der Waals surface area (Å²) in [5, 5.41) is 0.683. The van der Waals surface area contributed by atoms with Gasteiger partial charge < -0.3 is 13.9 Å². The molecule has 3 heterocycles. The maximum absolute atomic E-state index is 13.8. The molecule has 1 aliphatic rings. The van der Waals surface area contributed by atoms with Crippen molar-refractivity contribution in [3.05, 3.63) is 107 Å². The molecular formula is C28H23BrN2O5S2. The van der Waals surface area contributed by atoms with E-state index in [-0.39, 0.29) is 12.2 Å². The average molecular weight is 612 g/mol. The number of aromatic nitrogens is 1. The van der Waals surface area contributed by atoms with Gasteiger partial charge in [0.15, 0.2) is 9.89 Å². The first-order valence-electron chi connectivity index (χ1n) is 11.8. The zero-order valence-corrected chi connectivity index (χ0v) is 24.0. The minimum absolute atomic E-state index is 0.204. The number of fused-ring (bicyclic) bond motifs is 1. The average Bonchev–Trinajstić information content (AvgIpc) is 3.41. The lowest BCUT2D eigenvalue weighted by Gasteiger charge is -2.25. The van der Waals surface area contributed by atoms with Gasteiger partial charge in [-0.25, -0.2) is 9.79 Å². The Kier molecular flexibility index (Phi) is 7.73. The summed E-state index contributed by atoms with van der Waals surface area (Å²) in [6.45, 7) is 3.70. The highest BCUT2D eigenvalue weighted by Crippen LogP contribution is 2.37. The van der Waals surface area contributed by atoms with Crippen LogP contribution in [0.2, 0.25) is 0 Å². The molecule has 7 nitrogen and oxygen atoms in total. The number of nitrogens with zero attached hydrogens (tertiary/aromatic N) is 2. The summed E-state index contributed by atoms with van der Waals surface area (Å²) < 4.78 is 19.8. The Bertz CT molecular complexity index is 1720. The second kappa shape index (κ2) is 11.2. The van der Waals surface area contributed by atoms with Crippen molar-refractivity contribution < 1.29 is 18.7 Å². The van der Waals surface area contributed by atoms with Gasteiger partial charge in [-0.15, -0.1) is 0 Å². The number of esters is 1. The number of rotatable bonds is 7. The third kappa shape index (κ3) is 5.03. The lowest BCUT2D eigenvalue weighted by Crippen LogP contribution is -2.40. The van der Waals surface area contributed by atoms with Crippen LogP contribution in [0.15, 0.2) is 101 Å². The molecule has 0 amide bonds. The van der Waals surface area contributed by atoms with Crippen LogP contribution in [0.3, 0.4) is 0 Å². The molecule has 2 aromatic heterocycles. The predicted octanol–water partition coefficient (Wildman–Crippen LogP) is 5.31. The molecule has 0 radical (unpaired) electrons. The van der Waals surface area contributed by atoms with E-state index in [2.05, 4.69) is 20.9 Å². The largest absolute Gasteiger partial charge is 0.496 e. The molecule has 0 bridgehead atoms. The molecular weight excluding hydrogens is 588 g/mol. The minimum Gasteiger partial charge on any atom is -0.496 e. The Balaban J connectivity index is 1.64. The fraction of sp³-hybridized carbons (Fsp3) is 0.179. The molecule has 0 fully saturated rings. The molecule has 0 aliphatic carbocycles. The normalized spacial score (nSPS) is 15.3. The van der Waals surface area contributed by atoms with Crippen LogP contribution >= 0.6 is 39.0 Å². The molecule has 1 atom stereocenters. The van der Waals surface area contributed by atoms with Crippen molar-refractivity contribution in [2.45, 2.75) is 29.9 Å². The summed E-state index contributed by atoms with van der Waals surface area (Å²) >= 11 is 6.28. The van der Waals surface area contributed by atoms with E-state index in [9.17, 15) is 9.59 Å². The van der Waals surface area contributed by atoms with E-state index in [0.717, 1.165) is 9.37 Å². The van der Waals surface area contributed by atoms with Crippen LogP contribution in [-0.2, 0) is 9.53 Å². The monoisotopic (exact) mass is 610 g/mol. The van der Waals surface area contributed by atoms with Gasteiger partial charge in [0.1, 0.15) is 17.6 Å². The summed E-state index contributed by atoms with van der Waals surface area (Å²) in [7, 11) is 1.56. The highest BCUT2D eigenvalue weighted by molar-refractivity contribution is 9.10. The Morgan fingerprint density at radius 2 is 1.95 bits per heavy atom. The number of halogens is 1. The molecule has 10 heteroatoms. The summed E-state index contributed by atoms with van der Waals surface area (Å²) in [5.41, 5.74) is 1.18. The van der Waals surface area contributed by atoms with Gasteiger partial charge in [-0.2, -0.15) is 0 Å². The highest BCUT2D eigenvalue weighted by Gasteiger charge is 2.35. The fourth-order valence-corrected chi connectivity index (χ4v) is 6.59. The van der Waals surface area contributed by atoms with E-state index in [1.54, 1.807) is 33.1 Å². The first-order chi connectivity index (χ1) is 18.4. The van der Waals surface area contributed by atoms with Crippen molar-refractivity contribution in [3.63, 3.8) is 0 Å². The second-order valence-corrected chi connectivity index (χ2v) is 11.2. The lowest BCUT2D eigenvalue weighted by molar-refractivity contribution is -0.139. The molecule has 0 saturated carbocycles. The van der Waals surface area contributed by atoms with Gasteiger partial charge in [0.2, 0.25) is 0 Å². The van der Waals surface area contributed by atoms with Crippen LogP contribution in [0.5, 0.6) is 5.75 Å². The van der Waals surface area contributed by atoms with Crippen molar-refractivity contribution in [1.82, 2.24) is 4.57 Å². The maximum atomic E-state index is 13.8. The van der Waals surface area contributed by atoms with Gasteiger partial charge in [0, 0.05) is 16.5 Å². The summed E-state index contributed by atoms with van der Waals surface area (Å²) in [4.78, 5) is 33.0. The number of carbonyl (C=O) groups excluding carboxylic acids is 1. The number of hydrogen-bond donors (Lipinski definition) is 0. The van der Waals surface area contributed by atoms with Gasteiger partial charge in [-0.3, -0.25) is 9.36 Å². The Morgan fingerprint density at radius 3 is 2.68 bits per heavy atom. The predicted molar refractivity (Wildman–Crippen MR) is 150 cm³/mol. The Hall–Kier alpha value is -3.34. The summed E-state index contributed by atoms with van der Waals surface area (Å²) in [6.07, 6.45) is 1.70. The van der Waals surface area contributed by atoms with Crippen molar-refractivity contribution in [2.75, 3.05) is 13.7 Å². The maximum Gasteiger partial charge on any atom is 0.338 e. The van der Waals surface area contributed by atoms with Crippen LogP contribution in [0, 0.1) is 0 Å². The Morgan fingerprint density at radius 1 is 1.21 bits per heavy atom. The van der Waals surface area contributed by atoms with E-state index < -0.39 is 12.0 Å². The number of thiazole rings is 1. The van der Waals surface area contributed by atoms with Gasteiger partial charge in [0.25, 0.3) is 5.56 Å². The molecule has 5 rings (SSSR count). The highest BCUT2D eigenvalue weighted by atomic mass is 79.9. The third-order valence-corrected chi connectivity index (χ3v) is 8.68. The number of benzene rings is 2. The van der Waals surface area contributed by atoms with E-state index in [4.69, 9.17) is 13.9 Å². The van der Waals surface area contributed by atoms with Crippen molar-refractivity contribution in [3.8, 4) is 5.75 Å². The van der Waals surface area contributed by atoms with Gasteiger partial charge in [-0.1, -0.05) is 59.5 Å². The number of para-hydroxylation sites is 1. The van der Waals surface area contributed by atoms with Crippen molar-refractivity contribution >= 4 is 51.1 Å². The second-order valence-electron chi connectivity index (χ2n) is 8.24. The quantitative estimate of drug-likeness (QED) is 0.264. The number of furan rings is 1. The van der Waals surface area contributed by atoms with E-state index in [0.29, 0.717) is 42.8 Å². The van der Waals surface area contributed by atoms with Crippen LogP contribution in [0.25, 0.3) is 6.08 Å². The molecule has 0 unspecified atom stereocenters. The van der Waals surface area contributed by atoms with E-state index in [1.165, 1.54) is 27.7 Å². The number of allylic oxidation sites excluding steroid dienone is 1. The van der Waals surface area contributed by atoms with Gasteiger partial charge >= 0.3 is 5.97 Å². The molecule has 38 heavy (non-hydrogen) atoms. The number of hydrogen-bond acceptors (Lipinski definition) is 8. The fourth-order valence-electron chi connectivity index (χ4n) is 4.21. The smallest absolute Gasteiger partial charge is 0.338 e. The molecule has 194 valence electrons. The first-order valence-corrected chi connectivity index (χ1v) is 14.2. The molecule has 0 saturated heterocycles. The van der Waals surface area contributed by atoms with Crippen molar-refractivity contribution in [1.29, 1.82) is 0 Å². The van der Waals surface area contributed by atoms with E-state index in [1.807, 2.05) is 54.6 Å². The number of methoxy groups -OCH3 is 1. The van der Waals surface area contributed by atoms with Crippen molar-refractivity contribution in [2.24, 2.45) is 4.99 Å². The van der Waals surface area contributed by atoms with Crippen LogP contribution in [0.4, 0.5) is 0 Å².